The van der Waals surface area contributed by atoms with Crippen molar-refractivity contribution in [2.45, 2.75) is 16.1 Å². The van der Waals surface area contributed by atoms with E-state index < -0.39 is 0 Å². The second-order valence-electron chi connectivity index (χ2n) is 2.14. The molecule has 1 N–H and O–H groups in total. The number of halogens is 2. The van der Waals surface area contributed by atoms with Crippen molar-refractivity contribution in [2.24, 2.45) is 0 Å². The molecule has 0 atom stereocenters. The second kappa shape index (κ2) is 2.67. The van der Waals surface area contributed by atoms with E-state index in [0.29, 0.717) is 0 Å². The lowest BCUT2D eigenvalue weighted by Crippen LogP contribution is -2.36. The van der Waals surface area contributed by atoms with E-state index in [1.165, 1.54) is 19.4 Å². The molecule has 0 saturated carbocycles. The third kappa shape index (κ3) is 2.03. The molecule has 1 nitrogen and oxygen atoms in total. The van der Waals surface area contributed by atoms with Crippen LogP contribution in [0.15, 0.2) is 0 Å². The van der Waals surface area contributed by atoms with Crippen molar-refractivity contribution in [2.75, 3.05) is 13.1 Å². The van der Waals surface area contributed by atoms with Gasteiger partial charge in [0.2, 0.25) is 0 Å². The maximum atomic E-state index is 3.55. The van der Waals surface area contributed by atoms with Crippen molar-refractivity contribution in [3.8, 4) is 0 Å². The lowest BCUT2D eigenvalue weighted by molar-refractivity contribution is 0.519. The van der Waals surface area contributed by atoms with Crippen LogP contribution >= 0.6 is 31.9 Å². The summed E-state index contributed by atoms with van der Waals surface area (Å²) in [5.74, 6) is 0. The number of hydrogen-bond donors (Lipinski definition) is 1. The zero-order valence-electron chi connectivity index (χ0n) is 4.58. The fourth-order valence-corrected chi connectivity index (χ4v) is 1.79. The molecule has 0 spiro atoms. The lowest BCUT2D eigenvalue weighted by atomic mass is 10.2. The highest BCUT2D eigenvalue weighted by Gasteiger charge is 2.24. The van der Waals surface area contributed by atoms with Gasteiger partial charge in [-0.2, -0.15) is 0 Å². The number of piperidine rings is 1. The van der Waals surface area contributed by atoms with Crippen molar-refractivity contribution < 1.29 is 0 Å². The summed E-state index contributed by atoms with van der Waals surface area (Å²) in [5, 5.41) is 3.28. The smallest absolute Gasteiger partial charge is 0.0929 e. The third-order valence-electron chi connectivity index (χ3n) is 1.28. The van der Waals surface area contributed by atoms with Gasteiger partial charge >= 0.3 is 0 Å². The molecule has 1 aliphatic rings. The van der Waals surface area contributed by atoms with E-state index in [1.54, 1.807) is 0 Å². The maximum absolute atomic E-state index is 3.55. The van der Waals surface area contributed by atoms with Crippen LogP contribution in [-0.4, -0.2) is 16.3 Å². The fourth-order valence-electron chi connectivity index (χ4n) is 0.832. The average Bonchev–Trinajstić information content (AvgIpc) is 1.65. The summed E-state index contributed by atoms with van der Waals surface area (Å²) in [6.07, 6.45) is 2.48. The summed E-state index contributed by atoms with van der Waals surface area (Å²) < 4.78 is 0.193. The van der Waals surface area contributed by atoms with Crippen LogP contribution in [0.4, 0.5) is 0 Å². The molecule has 48 valence electrons. The van der Waals surface area contributed by atoms with Gasteiger partial charge in [0.25, 0.3) is 0 Å². The van der Waals surface area contributed by atoms with E-state index in [-0.39, 0.29) is 3.23 Å². The number of rotatable bonds is 0. The number of alkyl halides is 2. The third-order valence-corrected chi connectivity index (χ3v) is 2.63. The second-order valence-corrected chi connectivity index (χ2v) is 6.24. The Morgan fingerprint density at radius 3 is 2.38 bits per heavy atom. The zero-order valence-corrected chi connectivity index (χ0v) is 7.76. The summed E-state index contributed by atoms with van der Waals surface area (Å²) in [6, 6.07) is 0. The molecule has 1 heterocycles. The van der Waals surface area contributed by atoms with E-state index in [0.717, 1.165) is 6.54 Å². The Morgan fingerprint density at radius 1 is 1.38 bits per heavy atom. The van der Waals surface area contributed by atoms with Gasteiger partial charge < -0.3 is 5.32 Å². The van der Waals surface area contributed by atoms with Crippen LogP contribution in [0.1, 0.15) is 12.8 Å². The lowest BCUT2D eigenvalue weighted by Gasteiger charge is -2.25. The largest absolute Gasteiger partial charge is 0.314 e. The van der Waals surface area contributed by atoms with E-state index in [4.69, 9.17) is 0 Å². The van der Waals surface area contributed by atoms with E-state index in [1.807, 2.05) is 0 Å². The summed E-state index contributed by atoms with van der Waals surface area (Å²) in [6.45, 7) is 2.20. The monoisotopic (exact) mass is 241 g/mol. The Kier molecular flexibility index (Phi) is 2.35. The molecule has 0 aromatic carbocycles. The predicted molar refractivity (Wildman–Crippen MR) is 42.7 cm³/mol. The molecule has 0 amide bonds. The first-order valence-corrected chi connectivity index (χ1v) is 4.38. The molecule has 1 saturated heterocycles. The van der Waals surface area contributed by atoms with Gasteiger partial charge in [-0.25, -0.2) is 0 Å². The molecule has 1 rings (SSSR count). The van der Waals surface area contributed by atoms with Gasteiger partial charge in [-0.05, 0) is 19.4 Å². The quantitative estimate of drug-likeness (QED) is 0.640. The first-order valence-electron chi connectivity index (χ1n) is 2.79. The van der Waals surface area contributed by atoms with Gasteiger partial charge in [-0.1, -0.05) is 31.9 Å². The molecule has 1 aliphatic heterocycles. The van der Waals surface area contributed by atoms with Crippen molar-refractivity contribution in [3.63, 3.8) is 0 Å². The first-order chi connectivity index (χ1) is 3.71. The molecule has 0 aliphatic carbocycles. The highest BCUT2D eigenvalue weighted by molar-refractivity contribution is 9.25. The molecule has 8 heavy (non-hydrogen) atoms. The molecular formula is C5H9Br2N. The molecule has 1 fully saturated rings. The molecule has 3 heteroatoms. The summed E-state index contributed by atoms with van der Waals surface area (Å²) >= 11 is 7.09. The van der Waals surface area contributed by atoms with Crippen LogP contribution in [0, 0.1) is 0 Å². The average molecular weight is 243 g/mol. The van der Waals surface area contributed by atoms with Crippen LogP contribution in [0.25, 0.3) is 0 Å². The van der Waals surface area contributed by atoms with Crippen LogP contribution in [-0.2, 0) is 0 Å². The Labute approximate surface area is 66.5 Å². The predicted octanol–water partition coefficient (Wildman–Crippen LogP) is 1.86. The topological polar surface area (TPSA) is 12.0 Å². The van der Waals surface area contributed by atoms with Crippen LogP contribution < -0.4 is 5.32 Å². The molecule has 0 bridgehead atoms. The standard InChI is InChI=1S/C5H9Br2N/c6-5(7)2-1-3-8-4-5/h8H,1-4H2. The van der Waals surface area contributed by atoms with Crippen molar-refractivity contribution in [3.05, 3.63) is 0 Å². The Hall–Kier alpha value is 0.920. The van der Waals surface area contributed by atoms with Crippen molar-refractivity contribution >= 4 is 31.9 Å². The minimum Gasteiger partial charge on any atom is -0.314 e. The van der Waals surface area contributed by atoms with Gasteiger partial charge in [-0.15, -0.1) is 0 Å². The number of nitrogens with one attached hydrogen (secondary N) is 1. The minimum atomic E-state index is 0.193. The highest BCUT2D eigenvalue weighted by atomic mass is 79.9. The normalized spacial score (nSPS) is 27.8. The SMILES string of the molecule is BrC1(Br)CCCNC1. The summed E-state index contributed by atoms with van der Waals surface area (Å²) in [7, 11) is 0. The van der Waals surface area contributed by atoms with E-state index in [2.05, 4.69) is 37.2 Å². The van der Waals surface area contributed by atoms with Crippen LogP contribution in [0.3, 0.4) is 0 Å². The van der Waals surface area contributed by atoms with Crippen LogP contribution in [0.2, 0.25) is 0 Å². The Balaban J connectivity index is 2.33. The van der Waals surface area contributed by atoms with Crippen LogP contribution in [0.5, 0.6) is 0 Å². The van der Waals surface area contributed by atoms with Gasteiger partial charge in [-0.3, -0.25) is 0 Å². The van der Waals surface area contributed by atoms with Crippen molar-refractivity contribution in [1.82, 2.24) is 5.32 Å². The molecule has 0 aromatic rings. The Bertz CT molecular complexity index is 74.5. The minimum absolute atomic E-state index is 0.193. The Morgan fingerprint density at radius 2 is 2.12 bits per heavy atom. The maximum Gasteiger partial charge on any atom is 0.0929 e. The van der Waals surface area contributed by atoms with E-state index >= 15 is 0 Å². The molecule has 0 aromatic heterocycles. The van der Waals surface area contributed by atoms with E-state index in [9.17, 15) is 0 Å². The zero-order chi connectivity index (χ0) is 6.04. The van der Waals surface area contributed by atoms with Gasteiger partial charge in [0.1, 0.15) is 0 Å². The number of hydrogen-bond acceptors (Lipinski definition) is 1. The molecular weight excluding hydrogens is 234 g/mol. The van der Waals surface area contributed by atoms with Crippen molar-refractivity contribution in [1.29, 1.82) is 0 Å². The summed E-state index contributed by atoms with van der Waals surface area (Å²) in [4.78, 5) is 0. The van der Waals surface area contributed by atoms with Gasteiger partial charge in [0.15, 0.2) is 0 Å². The molecule has 0 radical (unpaired) electrons. The first kappa shape index (κ1) is 7.03. The highest BCUT2D eigenvalue weighted by Crippen LogP contribution is 2.32. The molecule has 0 unspecified atom stereocenters. The van der Waals surface area contributed by atoms with Gasteiger partial charge in [0, 0.05) is 6.54 Å². The fraction of sp³-hybridized carbons (Fsp3) is 1.00. The summed E-state index contributed by atoms with van der Waals surface area (Å²) in [5.41, 5.74) is 0. The van der Waals surface area contributed by atoms with Gasteiger partial charge in [0.05, 0.1) is 3.23 Å².